The van der Waals surface area contributed by atoms with Crippen LogP contribution in [0, 0.1) is 0 Å². The van der Waals surface area contributed by atoms with Crippen molar-refractivity contribution in [1.29, 1.82) is 0 Å². The van der Waals surface area contributed by atoms with Crippen LogP contribution in [0.5, 0.6) is 0 Å². The van der Waals surface area contributed by atoms with Gasteiger partial charge in [0.25, 0.3) is 5.91 Å². The van der Waals surface area contributed by atoms with E-state index in [1.165, 1.54) is 24.3 Å². The van der Waals surface area contributed by atoms with Crippen molar-refractivity contribution in [3.63, 3.8) is 0 Å². The molecule has 0 unspecified atom stereocenters. The summed E-state index contributed by atoms with van der Waals surface area (Å²) in [6.07, 6.45) is 0.995. The van der Waals surface area contributed by atoms with Crippen LogP contribution in [0.3, 0.4) is 0 Å². The lowest BCUT2D eigenvalue weighted by Crippen LogP contribution is -2.21. The van der Waals surface area contributed by atoms with E-state index in [0.717, 1.165) is 11.9 Å². The summed E-state index contributed by atoms with van der Waals surface area (Å²) >= 11 is 0. The van der Waals surface area contributed by atoms with Gasteiger partial charge in [-0.1, -0.05) is 30.3 Å². The number of nitrogens with one attached hydrogen (secondary N) is 1. The third-order valence-corrected chi connectivity index (χ3v) is 5.18. The number of rotatable bonds is 7. The molecule has 0 saturated carbocycles. The lowest BCUT2D eigenvalue weighted by Gasteiger charge is -2.09. The highest BCUT2D eigenvalue weighted by atomic mass is 32.2. The first-order valence-electron chi connectivity index (χ1n) is 9.16. The molecule has 0 atom stereocenters. The molecule has 1 N–H and O–H groups in total. The van der Waals surface area contributed by atoms with Gasteiger partial charge in [0.1, 0.15) is 0 Å². The molecule has 9 heteroatoms. The molecule has 0 aliphatic rings. The van der Waals surface area contributed by atoms with Gasteiger partial charge in [-0.3, -0.25) is 4.79 Å². The van der Waals surface area contributed by atoms with Crippen molar-refractivity contribution in [2.24, 2.45) is 10.2 Å². The quantitative estimate of drug-likeness (QED) is 0.437. The van der Waals surface area contributed by atoms with E-state index in [4.69, 9.17) is 4.74 Å². The van der Waals surface area contributed by atoms with Crippen LogP contribution in [0.25, 0.3) is 0 Å². The van der Waals surface area contributed by atoms with E-state index < -0.39 is 28.3 Å². The molecular formula is C22H19N3O5S. The zero-order chi connectivity index (χ0) is 22.3. The zero-order valence-corrected chi connectivity index (χ0v) is 17.4. The normalized spacial score (nSPS) is 11.3. The number of carbonyl (C=O) groups is 2. The fourth-order valence-electron chi connectivity index (χ4n) is 2.59. The van der Waals surface area contributed by atoms with Gasteiger partial charge < -0.3 is 10.1 Å². The Kier molecular flexibility index (Phi) is 6.88. The Morgan fingerprint density at radius 1 is 0.839 bits per heavy atom. The summed E-state index contributed by atoms with van der Waals surface area (Å²) in [6.45, 7) is -0.563. The summed E-state index contributed by atoms with van der Waals surface area (Å²) in [5.41, 5.74) is 1.69. The highest BCUT2D eigenvalue weighted by Crippen LogP contribution is 2.20. The van der Waals surface area contributed by atoms with Crippen LogP contribution in [0.2, 0.25) is 0 Å². The van der Waals surface area contributed by atoms with Crippen LogP contribution >= 0.6 is 0 Å². The summed E-state index contributed by atoms with van der Waals surface area (Å²) in [5, 5.41) is 10.8. The Balaban J connectivity index is 1.56. The molecule has 0 fully saturated rings. The average Bonchev–Trinajstić information content (AvgIpc) is 2.77. The van der Waals surface area contributed by atoms with Crippen molar-refractivity contribution in [2.45, 2.75) is 4.90 Å². The highest BCUT2D eigenvalue weighted by Gasteiger charge is 2.20. The van der Waals surface area contributed by atoms with Crippen LogP contribution in [-0.2, 0) is 19.4 Å². The second-order valence-electron chi connectivity index (χ2n) is 6.48. The molecular weight excluding hydrogens is 418 g/mol. The first kappa shape index (κ1) is 21.8. The summed E-state index contributed by atoms with van der Waals surface area (Å²) in [5.74, 6) is -1.46. The highest BCUT2D eigenvalue weighted by molar-refractivity contribution is 7.90. The fraction of sp³-hybridized carbons (Fsp3) is 0.0909. The zero-order valence-electron chi connectivity index (χ0n) is 16.6. The van der Waals surface area contributed by atoms with Gasteiger partial charge >= 0.3 is 5.97 Å². The Morgan fingerprint density at radius 3 is 2.06 bits per heavy atom. The number of carbonyl (C=O) groups excluding carboxylic acids is 2. The second kappa shape index (κ2) is 9.77. The minimum atomic E-state index is -3.61. The molecule has 1 amide bonds. The first-order chi connectivity index (χ1) is 14.8. The molecule has 8 nitrogen and oxygen atoms in total. The van der Waals surface area contributed by atoms with Gasteiger partial charge in [-0.25, -0.2) is 13.2 Å². The number of azo groups is 1. The molecule has 0 aliphatic carbocycles. The summed E-state index contributed by atoms with van der Waals surface area (Å²) in [4.78, 5) is 24.1. The summed E-state index contributed by atoms with van der Waals surface area (Å²) in [6, 6.07) is 21.6. The Bertz CT molecular complexity index is 1210. The Morgan fingerprint density at radius 2 is 1.42 bits per heavy atom. The summed E-state index contributed by atoms with van der Waals surface area (Å²) < 4.78 is 28.5. The van der Waals surface area contributed by atoms with Gasteiger partial charge in [0.05, 0.1) is 21.8 Å². The molecule has 0 heterocycles. The van der Waals surface area contributed by atoms with Gasteiger partial charge in [-0.2, -0.15) is 10.2 Å². The maximum Gasteiger partial charge on any atom is 0.339 e. The standard InChI is InChI=1S/C22H19N3O5S/c1-31(28,29)20-10-6-5-9-19(20)22(27)30-15-21(26)23-16-11-13-18(14-12-16)25-24-17-7-3-2-4-8-17/h2-14H,15H2,1H3,(H,23,26). The molecule has 0 radical (unpaired) electrons. The molecule has 0 bridgehead atoms. The Hall–Kier alpha value is -3.85. The predicted molar refractivity (Wildman–Crippen MR) is 116 cm³/mol. The third kappa shape index (κ3) is 6.31. The van der Waals surface area contributed by atoms with Crippen molar-refractivity contribution < 1.29 is 22.7 Å². The number of benzene rings is 3. The van der Waals surface area contributed by atoms with E-state index in [1.54, 1.807) is 24.3 Å². The molecule has 0 spiro atoms. The maximum absolute atomic E-state index is 12.2. The average molecular weight is 437 g/mol. The first-order valence-corrected chi connectivity index (χ1v) is 11.0. The van der Waals surface area contributed by atoms with Gasteiger partial charge in [-0.05, 0) is 48.5 Å². The number of anilines is 1. The third-order valence-electron chi connectivity index (χ3n) is 4.03. The molecule has 158 valence electrons. The van der Waals surface area contributed by atoms with Crippen molar-refractivity contribution in [3.8, 4) is 0 Å². The number of amides is 1. The van der Waals surface area contributed by atoms with Crippen molar-refractivity contribution in [3.05, 3.63) is 84.4 Å². The topological polar surface area (TPSA) is 114 Å². The van der Waals surface area contributed by atoms with Gasteiger partial charge in [0.15, 0.2) is 16.4 Å². The maximum atomic E-state index is 12.2. The number of esters is 1. The van der Waals surface area contributed by atoms with Gasteiger partial charge in [0.2, 0.25) is 0 Å². The molecule has 3 aromatic carbocycles. The van der Waals surface area contributed by atoms with E-state index in [-0.39, 0.29) is 10.5 Å². The Labute approximate surface area is 179 Å². The van der Waals surface area contributed by atoms with E-state index in [1.807, 2.05) is 30.3 Å². The predicted octanol–water partition coefficient (Wildman–Crippen LogP) is 4.30. The van der Waals surface area contributed by atoms with Crippen LogP contribution in [0.4, 0.5) is 17.1 Å². The minimum absolute atomic E-state index is 0.120. The lowest BCUT2D eigenvalue weighted by atomic mass is 10.2. The number of sulfone groups is 1. The number of ether oxygens (including phenoxy) is 1. The lowest BCUT2D eigenvalue weighted by molar-refractivity contribution is -0.119. The van der Waals surface area contributed by atoms with E-state index in [9.17, 15) is 18.0 Å². The van der Waals surface area contributed by atoms with Gasteiger partial charge in [-0.15, -0.1) is 0 Å². The molecule has 0 aromatic heterocycles. The van der Waals surface area contributed by atoms with E-state index in [2.05, 4.69) is 15.5 Å². The smallest absolute Gasteiger partial charge is 0.339 e. The van der Waals surface area contributed by atoms with E-state index >= 15 is 0 Å². The van der Waals surface area contributed by atoms with Crippen molar-refractivity contribution >= 4 is 38.8 Å². The molecule has 0 aliphatic heterocycles. The number of nitrogens with zero attached hydrogens (tertiary/aromatic N) is 2. The SMILES string of the molecule is CS(=O)(=O)c1ccccc1C(=O)OCC(=O)Nc1ccc(N=Nc2ccccc2)cc1. The van der Waals surface area contributed by atoms with Crippen LogP contribution in [-0.4, -0.2) is 33.2 Å². The van der Waals surface area contributed by atoms with Crippen LogP contribution < -0.4 is 5.32 Å². The minimum Gasteiger partial charge on any atom is -0.452 e. The number of hydrogen-bond acceptors (Lipinski definition) is 7. The fourth-order valence-corrected chi connectivity index (χ4v) is 3.46. The number of hydrogen-bond donors (Lipinski definition) is 1. The molecule has 3 aromatic rings. The largest absolute Gasteiger partial charge is 0.452 e. The summed E-state index contributed by atoms with van der Waals surface area (Å²) in [7, 11) is -3.61. The van der Waals surface area contributed by atoms with Crippen LogP contribution in [0.15, 0.2) is 94.0 Å². The molecule has 3 rings (SSSR count). The van der Waals surface area contributed by atoms with Crippen molar-refractivity contribution in [2.75, 3.05) is 18.2 Å². The van der Waals surface area contributed by atoms with E-state index in [0.29, 0.717) is 11.4 Å². The molecule has 0 saturated heterocycles. The second-order valence-corrected chi connectivity index (χ2v) is 8.46. The van der Waals surface area contributed by atoms with Gasteiger partial charge in [0, 0.05) is 11.9 Å². The monoisotopic (exact) mass is 437 g/mol. The molecule has 31 heavy (non-hydrogen) atoms. The van der Waals surface area contributed by atoms with Crippen molar-refractivity contribution in [1.82, 2.24) is 0 Å². The van der Waals surface area contributed by atoms with Crippen LogP contribution in [0.1, 0.15) is 10.4 Å².